The maximum atomic E-state index is 12.7. The number of carbonyl (C=O) groups excluding carboxylic acids is 3. The first-order chi connectivity index (χ1) is 23.9. The van der Waals surface area contributed by atoms with Crippen LogP contribution in [0.15, 0.2) is 65.1 Å². The van der Waals surface area contributed by atoms with Crippen molar-refractivity contribution in [2.75, 3.05) is 32.6 Å². The predicted molar refractivity (Wildman–Crippen MR) is 199 cm³/mol. The van der Waals surface area contributed by atoms with Gasteiger partial charge in [0.25, 0.3) is 5.91 Å². The number of nitrogens with two attached hydrogens (primary N) is 1. The summed E-state index contributed by atoms with van der Waals surface area (Å²) in [6, 6.07) is 18.5. The van der Waals surface area contributed by atoms with Crippen LogP contribution in [0.2, 0.25) is 5.02 Å². The van der Waals surface area contributed by atoms with E-state index < -0.39 is 18.0 Å². The molecule has 5 rings (SSSR count). The number of esters is 2. The molecule has 1 atom stereocenters. The molecule has 0 saturated heterocycles. The standard InChI is InChI=1S/C21H31BrN2O5.C17H14ClNO2/c1-3-24(17-7-5-4-6-8-17)11-16-9-15(10-19(22)20(16)23)21(27)29-13-18(26)12-28-14(2)25;1-11-9-13-10-15(21-2)7-8-16(13)19(11)17(20)12-3-5-14(18)6-4-12/h9-10,17-18,26H,3-8,11-13,23H2,1-2H3;3-10H,1-2H3. The number of fused-ring (bicyclic) bond motifs is 1. The lowest BCUT2D eigenvalue weighted by Crippen LogP contribution is -2.36. The van der Waals surface area contributed by atoms with Crippen molar-refractivity contribution in [1.29, 1.82) is 0 Å². The van der Waals surface area contributed by atoms with Crippen LogP contribution in [-0.2, 0) is 20.8 Å². The molecule has 10 nitrogen and oxygen atoms in total. The molecule has 0 spiro atoms. The van der Waals surface area contributed by atoms with Gasteiger partial charge in [0.1, 0.15) is 25.1 Å². The number of nitrogens with zero attached hydrogens (tertiary/aromatic N) is 2. The third-order valence-electron chi connectivity index (χ3n) is 8.69. The highest BCUT2D eigenvalue weighted by Crippen LogP contribution is 2.30. The van der Waals surface area contributed by atoms with Crippen molar-refractivity contribution in [1.82, 2.24) is 9.47 Å². The number of aryl methyl sites for hydroxylation is 1. The number of rotatable bonds is 11. The smallest absolute Gasteiger partial charge is 0.338 e. The maximum Gasteiger partial charge on any atom is 0.338 e. The first-order valence-corrected chi connectivity index (χ1v) is 17.9. The van der Waals surface area contributed by atoms with Crippen molar-refractivity contribution in [2.45, 2.75) is 71.6 Å². The number of ether oxygens (including phenoxy) is 3. The Balaban J connectivity index is 0.000000235. The van der Waals surface area contributed by atoms with E-state index in [9.17, 15) is 19.5 Å². The molecule has 0 radical (unpaired) electrons. The van der Waals surface area contributed by atoms with E-state index in [-0.39, 0.29) is 19.1 Å². The van der Waals surface area contributed by atoms with E-state index in [1.54, 1.807) is 48.1 Å². The van der Waals surface area contributed by atoms with Gasteiger partial charge in [-0.25, -0.2) is 4.79 Å². The molecule has 3 N–H and O–H groups in total. The minimum atomic E-state index is -1.07. The molecule has 3 aromatic carbocycles. The summed E-state index contributed by atoms with van der Waals surface area (Å²) >= 11 is 9.30. The average Bonchev–Trinajstić information content (AvgIpc) is 3.45. The van der Waals surface area contributed by atoms with Gasteiger partial charge in [-0.3, -0.25) is 19.1 Å². The molecule has 0 amide bonds. The Labute approximate surface area is 306 Å². The van der Waals surface area contributed by atoms with E-state index in [1.165, 1.54) is 39.0 Å². The van der Waals surface area contributed by atoms with Crippen molar-refractivity contribution in [2.24, 2.45) is 0 Å². The number of anilines is 1. The monoisotopic (exact) mass is 769 g/mol. The van der Waals surface area contributed by atoms with Gasteiger partial charge in [-0.05, 0) is 108 Å². The molecule has 1 unspecified atom stereocenters. The summed E-state index contributed by atoms with van der Waals surface area (Å²) < 4.78 is 17.4. The number of aromatic nitrogens is 1. The van der Waals surface area contributed by atoms with Gasteiger partial charge in [0.05, 0.1) is 23.9 Å². The zero-order valence-electron chi connectivity index (χ0n) is 28.9. The average molecular weight is 771 g/mol. The van der Waals surface area contributed by atoms with Gasteiger partial charge in [-0.15, -0.1) is 0 Å². The summed E-state index contributed by atoms with van der Waals surface area (Å²) in [4.78, 5) is 38.3. The Kier molecular flexibility index (Phi) is 14.3. The Morgan fingerprint density at radius 1 is 1.00 bits per heavy atom. The van der Waals surface area contributed by atoms with Crippen LogP contribution in [0.1, 0.15) is 77.9 Å². The van der Waals surface area contributed by atoms with Crippen LogP contribution < -0.4 is 10.5 Å². The zero-order chi connectivity index (χ0) is 36.4. The Morgan fingerprint density at radius 2 is 1.68 bits per heavy atom. The number of methoxy groups -OCH3 is 1. The SMILES string of the molecule is CCN(Cc1cc(C(=O)OCC(O)COC(C)=O)cc(Br)c1N)C1CCCCC1.COc1ccc2c(c1)cc(C)n2C(=O)c1ccc(Cl)cc1. The van der Waals surface area contributed by atoms with Gasteiger partial charge in [0.2, 0.25) is 0 Å². The number of aliphatic hydroxyl groups excluding tert-OH is 1. The Bertz CT molecular complexity index is 1790. The highest BCUT2D eigenvalue weighted by Gasteiger charge is 2.23. The molecule has 1 aliphatic carbocycles. The van der Waals surface area contributed by atoms with Crippen LogP contribution in [0.3, 0.4) is 0 Å². The molecule has 1 aromatic heterocycles. The molecular formula is C38H45BrClN3O7. The number of carbonyl (C=O) groups is 3. The Morgan fingerprint density at radius 3 is 2.32 bits per heavy atom. The minimum Gasteiger partial charge on any atom is -0.497 e. The van der Waals surface area contributed by atoms with Crippen LogP contribution in [0.4, 0.5) is 5.69 Å². The molecule has 0 bridgehead atoms. The van der Waals surface area contributed by atoms with Crippen LogP contribution in [0.5, 0.6) is 5.75 Å². The number of hydrogen-bond donors (Lipinski definition) is 2. The summed E-state index contributed by atoms with van der Waals surface area (Å²) in [5, 5.41) is 11.3. The summed E-state index contributed by atoms with van der Waals surface area (Å²) in [6.07, 6.45) is 5.12. The van der Waals surface area contributed by atoms with Crippen LogP contribution >= 0.6 is 27.5 Å². The lowest BCUT2D eigenvalue weighted by Gasteiger charge is -2.34. The second-order valence-corrected chi connectivity index (χ2v) is 13.6. The van der Waals surface area contributed by atoms with Gasteiger partial charge in [0.15, 0.2) is 0 Å². The summed E-state index contributed by atoms with van der Waals surface area (Å²) in [5.74, 6) is -0.349. The fourth-order valence-electron chi connectivity index (χ4n) is 6.05. The summed E-state index contributed by atoms with van der Waals surface area (Å²) in [6.45, 7) is 6.42. The number of aliphatic hydroxyl groups is 1. The highest BCUT2D eigenvalue weighted by atomic mass is 79.9. The molecule has 4 aromatic rings. The zero-order valence-corrected chi connectivity index (χ0v) is 31.3. The third-order valence-corrected chi connectivity index (χ3v) is 9.60. The van der Waals surface area contributed by atoms with Crippen molar-refractivity contribution in [3.63, 3.8) is 0 Å². The van der Waals surface area contributed by atoms with Crippen LogP contribution in [-0.4, -0.2) is 71.4 Å². The third kappa shape index (κ3) is 10.3. The second-order valence-electron chi connectivity index (χ2n) is 12.3. The first kappa shape index (κ1) is 38.9. The number of halogens is 2. The van der Waals surface area contributed by atoms with Crippen LogP contribution in [0.25, 0.3) is 10.9 Å². The van der Waals surface area contributed by atoms with Crippen molar-refractivity contribution < 1.29 is 33.7 Å². The maximum absolute atomic E-state index is 12.7. The number of benzene rings is 3. The second kappa shape index (κ2) is 18.4. The van der Waals surface area contributed by atoms with Crippen molar-refractivity contribution in [3.05, 3.63) is 92.5 Å². The fraction of sp³-hybridized carbons (Fsp3) is 0.395. The molecular weight excluding hydrogens is 726 g/mol. The van der Waals surface area contributed by atoms with E-state index in [0.717, 1.165) is 34.5 Å². The van der Waals surface area contributed by atoms with Crippen LogP contribution in [0, 0.1) is 6.92 Å². The van der Waals surface area contributed by atoms with Crippen molar-refractivity contribution in [3.8, 4) is 5.75 Å². The predicted octanol–water partition coefficient (Wildman–Crippen LogP) is 7.57. The number of hydrogen-bond acceptors (Lipinski definition) is 9. The van der Waals surface area contributed by atoms with E-state index in [4.69, 9.17) is 31.5 Å². The van der Waals surface area contributed by atoms with Gasteiger partial charge < -0.3 is 25.1 Å². The topological polar surface area (TPSA) is 133 Å². The van der Waals surface area contributed by atoms with E-state index in [2.05, 4.69) is 27.8 Å². The molecule has 0 aliphatic heterocycles. The van der Waals surface area contributed by atoms with E-state index >= 15 is 0 Å². The van der Waals surface area contributed by atoms with E-state index in [1.807, 2.05) is 31.2 Å². The summed E-state index contributed by atoms with van der Waals surface area (Å²) in [7, 11) is 1.63. The highest BCUT2D eigenvalue weighted by molar-refractivity contribution is 9.10. The lowest BCUT2D eigenvalue weighted by molar-refractivity contribution is -0.144. The molecule has 12 heteroatoms. The quantitative estimate of drug-likeness (QED) is 0.117. The molecule has 268 valence electrons. The normalized spacial score (nSPS) is 13.8. The Hall–Kier alpha value is -3.90. The molecule has 50 heavy (non-hydrogen) atoms. The largest absolute Gasteiger partial charge is 0.497 e. The fourth-order valence-corrected chi connectivity index (χ4v) is 6.68. The van der Waals surface area contributed by atoms with E-state index in [0.29, 0.717) is 38.9 Å². The minimum absolute atomic E-state index is 0.0654. The van der Waals surface area contributed by atoms with Crippen molar-refractivity contribution >= 4 is 62.0 Å². The lowest BCUT2D eigenvalue weighted by atomic mass is 9.93. The van der Waals surface area contributed by atoms with Gasteiger partial charge in [-0.1, -0.05) is 37.8 Å². The molecule has 1 aliphatic rings. The number of nitrogen functional groups attached to an aromatic ring is 1. The van der Waals surface area contributed by atoms with Gasteiger partial charge >= 0.3 is 11.9 Å². The molecule has 1 fully saturated rings. The molecule has 1 saturated carbocycles. The summed E-state index contributed by atoms with van der Waals surface area (Å²) in [5.41, 5.74) is 10.5. The first-order valence-electron chi connectivity index (χ1n) is 16.7. The molecule has 1 heterocycles. The van der Waals surface area contributed by atoms with Gasteiger partial charge in [-0.2, -0.15) is 0 Å². The van der Waals surface area contributed by atoms with Gasteiger partial charge in [0, 0.05) is 45.6 Å².